The molecule has 0 aromatic heterocycles. The summed E-state index contributed by atoms with van der Waals surface area (Å²) in [5, 5.41) is 3.44. The van der Waals surface area contributed by atoms with Gasteiger partial charge in [-0.3, -0.25) is 4.79 Å². The molecule has 5 nitrogen and oxygen atoms in total. The zero-order valence-electron chi connectivity index (χ0n) is 14.3. The van der Waals surface area contributed by atoms with Gasteiger partial charge in [0.15, 0.2) is 6.10 Å². The lowest BCUT2D eigenvalue weighted by Gasteiger charge is -2.17. The van der Waals surface area contributed by atoms with Gasteiger partial charge < -0.3 is 19.5 Å². The smallest absolute Gasteiger partial charge is 0.261 e. The van der Waals surface area contributed by atoms with E-state index in [1.807, 2.05) is 25.1 Å². The minimum absolute atomic E-state index is 0.174. The van der Waals surface area contributed by atoms with Gasteiger partial charge in [0.05, 0.1) is 13.7 Å². The van der Waals surface area contributed by atoms with Gasteiger partial charge in [-0.05, 0) is 42.8 Å². The third kappa shape index (κ3) is 6.19. The number of hydrogen-bond acceptors (Lipinski definition) is 4. The van der Waals surface area contributed by atoms with Gasteiger partial charge in [-0.2, -0.15) is 0 Å². The Kier molecular flexibility index (Phi) is 7.41. The van der Waals surface area contributed by atoms with Gasteiger partial charge in [-0.15, -0.1) is 0 Å². The number of amides is 1. The summed E-state index contributed by atoms with van der Waals surface area (Å²) in [5.41, 5.74) is 0. The fourth-order valence-electron chi connectivity index (χ4n) is 2.15. The number of carbonyl (C=O) groups is 1. The first-order chi connectivity index (χ1) is 12.1. The van der Waals surface area contributed by atoms with Crippen LogP contribution in [0, 0.1) is 0 Å². The van der Waals surface area contributed by atoms with Gasteiger partial charge in [-0.1, -0.05) is 24.6 Å². The Morgan fingerprint density at radius 1 is 1.12 bits per heavy atom. The summed E-state index contributed by atoms with van der Waals surface area (Å²) in [6.45, 7) is 2.64. The average molecular weight is 364 g/mol. The maximum absolute atomic E-state index is 12.2. The van der Waals surface area contributed by atoms with Gasteiger partial charge in [0.25, 0.3) is 5.91 Å². The van der Waals surface area contributed by atoms with Crippen molar-refractivity contribution in [3.05, 3.63) is 53.6 Å². The molecular weight excluding hydrogens is 342 g/mol. The predicted octanol–water partition coefficient (Wildman–Crippen LogP) is 3.70. The van der Waals surface area contributed by atoms with Crippen LogP contribution >= 0.6 is 11.6 Å². The summed E-state index contributed by atoms with van der Waals surface area (Å²) >= 11 is 5.84. The topological polar surface area (TPSA) is 56.8 Å². The molecule has 2 aromatic carbocycles. The second-order valence-corrected chi connectivity index (χ2v) is 5.72. The zero-order chi connectivity index (χ0) is 18.1. The number of nitrogens with one attached hydrogen (secondary N) is 1. The van der Waals surface area contributed by atoms with E-state index in [4.69, 9.17) is 25.8 Å². The van der Waals surface area contributed by atoms with Crippen LogP contribution in [0.3, 0.4) is 0 Å². The molecule has 1 N–H and O–H groups in total. The van der Waals surface area contributed by atoms with Crippen molar-refractivity contribution in [3.8, 4) is 17.2 Å². The Hall–Kier alpha value is -2.40. The second-order valence-electron chi connectivity index (χ2n) is 5.29. The predicted molar refractivity (Wildman–Crippen MR) is 97.7 cm³/mol. The summed E-state index contributed by atoms with van der Waals surface area (Å²) in [5.74, 6) is 1.85. The molecule has 0 radical (unpaired) electrons. The highest BCUT2D eigenvalue weighted by Crippen LogP contribution is 2.19. The summed E-state index contributed by atoms with van der Waals surface area (Å²) in [6, 6.07) is 14.2. The Bertz CT molecular complexity index is 675. The van der Waals surface area contributed by atoms with Crippen LogP contribution in [0.1, 0.15) is 13.3 Å². The van der Waals surface area contributed by atoms with Crippen LogP contribution in [0.2, 0.25) is 5.02 Å². The van der Waals surface area contributed by atoms with Crippen LogP contribution in [0.25, 0.3) is 0 Å². The molecule has 25 heavy (non-hydrogen) atoms. The van der Waals surface area contributed by atoms with Crippen molar-refractivity contribution in [3.63, 3.8) is 0 Å². The lowest BCUT2D eigenvalue weighted by atomic mass is 10.2. The normalized spacial score (nSPS) is 11.5. The first-order valence-electron chi connectivity index (χ1n) is 8.09. The van der Waals surface area contributed by atoms with E-state index in [1.54, 1.807) is 37.4 Å². The third-order valence-electron chi connectivity index (χ3n) is 3.47. The molecule has 6 heteroatoms. The zero-order valence-corrected chi connectivity index (χ0v) is 15.1. The summed E-state index contributed by atoms with van der Waals surface area (Å²) in [4.78, 5) is 12.2. The van der Waals surface area contributed by atoms with Crippen LogP contribution in [0.4, 0.5) is 0 Å². The Morgan fingerprint density at radius 2 is 1.84 bits per heavy atom. The molecular formula is C19H22ClNO4. The number of ether oxygens (including phenoxy) is 3. The van der Waals surface area contributed by atoms with Crippen molar-refractivity contribution in [2.24, 2.45) is 0 Å². The van der Waals surface area contributed by atoms with Crippen molar-refractivity contribution >= 4 is 17.5 Å². The lowest BCUT2D eigenvalue weighted by molar-refractivity contribution is -0.128. The van der Waals surface area contributed by atoms with E-state index in [2.05, 4.69) is 5.32 Å². The van der Waals surface area contributed by atoms with Crippen LogP contribution in [0.15, 0.2) is 48.5 Å². The van der Waals surface area contributed by atoms with Crippen LogP contribution in [-0.4, -0.2) is 32.3 Å². The monoisotopic (exact) mass is 363 g/mol. The van der Waals surface area contributed by atoms with Gasteiger partial charge in [-0.25, -0.2) is 0 Å². The van der Waals surface area contributed by atoms with E-state index >= 15 is 0 Å². The Labute approximate surface area is 152 Å². The standard InChI is InChI=1S/C19H22ClNO4/c1-3-18(25-15-9-7-14(20)8-10-15)19(22)21-11-12-24-17-6-4-5-16(13-17)23-2/h4-10,13,18H,3,11-12H2,1-2H3,(H,21,22). The molecule has 1 amide bonds. The summed E-state index contributed by atoms with van der Waals surface area (Å²) < 4.78 is 16.4. The highest BCUT2D eigenvalue weighted by molar-refractivity contribution is 6.30. The largest absolute Gasteiger partial charge is 0.497 e. The van der Waals surface area contributed by atoms with Crippen molar-refractivity contribution in [1.29, 1.82) is 0 Å². The molecule has 0 aliphatic rings. The first-order valence-corrected chi connectivity index (χ1v) is 8.47. The van der Waals surface area contributed by atoms with E-state index in [-0.39, 0.29) is 5.91 Å². The first kappa shape index (κ1) is 18.9. The molecule has 0 spiro atoms. The average Bonchev–Trinajstić information content (AvgIpc) is 2.64. The molecule has 0 saturated heterocycles. The van der Waals surface area contributed by atoms with Gasteiger partial charge in [0.2, 0.25) is 0 Å². The maximum atomic E-state index is 12.2. The Morgan fingerprint density at radius 3 is 2.52 bits per heavy atom. The molecule has 0 bridgehead atoms. The van der Waals surface area contributed by atoms with Gasteiger partial charge >= 0.3 is 0 Å². The number of halogens is 1. The highest BCUT2D eigenvalue weighted by Gasteiger charge is 2.17. The van der Waals surface area contributed by atoms with E-state index in [1.165, 1.54) is 0 Å². The fraction of sp³-hybridized carbons (Fsp3) is 0.316. The fourth-order valence-corrected chi connectivity index (χ4v) is 2.27. The molecule has 0 heterocycles. The molecule has 1 atom stereocenters. The highest BCUT2D eigenvalue weighted by atomic mass is 35.5. The van der Waals surface area contributed by atoms with Crippen LogP contribution in [-0.2, 0) is 4.79 Å². The molecule has 0 fully saturated rings. The number of hydrogen-bond donors (Lipinski definition) is 1. The molecule has 0 aliphatic carbocycles. The van der Waals surface area contributed by atoms with Gasteiger partial charge in [0.1, 0.15) is 23.9 Å². The molecule has 0 aliphatic heterocycles. The van der Waals surface area contributed by atoms with Crippen LogP contribution < -0.4 is 19.5 Å². The molecule has 134 valence electrons. The van der Waals surface area contributed by atoms with Crippen molar-refractivity contribution in [2.75, 3.05) is 20.3 Å². The summed E-state index contributed by atoms with van der Waals surface area (Å²) in [7, 11) is 1.60. The van der Waals surface area contributed by atoms with E-state index in [0.717, 1.165) is 5.75 Å². The van der Waals surface area contributed by atoms with Gasteiger partial charge in [0, 0.05) is 11.1 Å². The van der Waals surface area contributed by atoms with Crippen molar-refractivity contribution < 1.29 is 19.0 Å². The number of methoxy groups -OCH3 is 1. The number of rotatable bonds is 9. The van der Waals surface area contributed by atoms with Crippen molar-refractivity contribution in [1.82, 2.24) is 5.32 Å². The Balaban J connectivity index is 1.76. The van der Waals surface area contributed by atoms with E-state index in [0.29, 0.717) is 36.1 Å². The number of benzene rings is 2. The third-order valence-corrected chi connectivity index (χ3v) is 3.72. The minimum atomic E-state index is -0.557. The van der Waals surface area contributed by atoms with Crippen LogP contribution in [0.5, 0.6) is 17.2 Å². The molecule has 0 saturated carbocycles. The molecule has 1 unspecified atom stereocenters. The molecule has 2 rings (SSSR count). The summed E-state index contributed by atoms with van der Waals surface area (Å²) in [6.07, 6.45) is 0.00330. The van der Waals surface area contributed by atoms with E-state index in [9.17, 15) is 4.79 Å². The minimum Gasteiger partial charge on any atom is -0.497 e. The maximum Gasteiger partial charge on any atom is 0.261 e. The van der Waals surface area contributed by atoms with Crippen molar-refractivity contribution in [2.45, 2.75) is 19.4 Å². The number of carbonyl (C=O) groups excluding carboxylic acids is 1. The molecule has 2 aromatic rings. The van der Waals surface area contributed by atoms with E-state index < -0.39 is 6.10 Å². The quantitative estimate of drug-likeness (QED) is 0.690. The lowest BCUT2D eigenvalue weighted by Crippen LogP contribution is -2.39. The second kappa shape index (κ2) is 9.79. The SMILES string of the molecule is CCC(Oc1ccc(Cl)cc1)C(=O)NCCOc1cccc(OC)c1.